The van der Waals surface area contributed by atoms with Gasteiger partial charge in [-0.25, -0.2) is 4.39 Å². The van der Waals surface area contributed by atoms with E-state index < -0.39 is 0 Å². The fraction of sp³-hybridized carbons (Fsp3) is 0.500. The number of amides is 1. The van der Waals surface area contributed by atoms with Gasteiger partial charge in [-0.1, -0.05) is 0 Å². The topological polar surface area (TPSA) is 58.6 Å². The van der Waals surface area contributed by atoms with Gasteiger partial charge in [0.1, 0.15) is 11.6 Å². The number of carbonyl (C=O) groups excluding carboxylic acids is 1. The molecule has 0 aliphatic heterocycles. The van der Waals surface area contributed by atoms with Crippen LogP contribution in [-0.2, 0) is 4.79 Å². The van der Waals surface area contributed by atoms with Crippen molar-refractivity contribution in [3.63, 3.8) is 0 Å². The van der Waals surface area contributed by atoms with Gasteiger partial charge in [-0.15, -0.1) is 0 Å². The van der Waals surface area contributed by atoms with E-state index in [0.717, 1.165) is 25.7 Å². The molecule has 0 atom stereocenters. The molecule has 1 aliphatic carbocycles. The number of carbonyl (C=O) groups is 1. The lowest BCUT2D eigenvalue weighted by Gasteiger charge is -2.26. The highest BCUT2D eigenvalue weighted by atomic mass is 19.1. The fourth-order valence-corrected chi connectivity index (χ4v) is 2.17. The molecule has 0 bridgehead atoms. The summed E-state index contributed by atoms with van der Waals surface area (Å²) in [7, 11) is 0. The van der Waals surface area contributed by atoms with E-state index in [0.29, 0.717) is 5.75 Å². The normalized spacial score (nSPS) is 22.8. The van der Waals surface area contributed by atoms with E-state index >= 15 is 0 Å². The number of halogens is 1. The first-order valence-corrected chi connectivity index (χ1v) is 6.49. The Bertz CT molecular complexity index is 413. The number of benzene rings is 1. The molecule has 1 aliphatic rings. The second-order valence-electron chi connectivity index (χ2n) is 4.82. The molecule has 0 heterocycles. The summed E-state index contributed by atoms with van der Waals surface area (Å²) in [4.78, 5) is 11.7. The Labute approximate surface area is 111 Å². The van der Waals surface area contributed by atoms with Crippen LogP contribution in [0.15, 0.2) is 24.3 Å². The van der Waals surface area contributed by atoms with Crippen molar-refractivity contribution in [2.75, 3.05) is 6.61 Å². The van der Waals surface area contributed by atoms with Gasteiger partial charge < -0.3 is 15.2 Å². The molecule has 0 saturated heterocycles. The third kappa shape index (κ3) is 4.52. The first-order valence-electron chi connectivity index (χ1n) is 6.49. The number of hydrogen-bond donors (Lipinski definition) is 2. The van der Waals surface area contributed by atoms with Gasteiger partial charge >= 0.3 is 0 Å². The number of aliphatic hydroxyl groups is 1. The average Bonchev–Trinajstić information content (AvgIpc) is 2.41. The van der Waals surface area contributed by atoms with Gasteiger partial charge in [-0.3, -0.25) is 4.79 Å². The standard InChI is InChI=1S/C14H18FNO3/c15-10-1-7-13(8-2-10)19-9-14(18)16-11-3-5-12(17)6-4-11/h1-2,7-8,11-12,17H,3-6,9H2,(H,16,18). The molecule has 1 aromatic rings. The van der Waals surface area contributed by atoms with E-state index in [4.69, 9.17) is 4.74 Å². The van der Waals surface area contributed by atoms with Gasteiger partial charge in [0, 0.05) is 6.04 Å². The minimum atomic E-state index is -0.336. The molecule has 1 saturated carbocycles. The number of nitrogens with one attached hydrogen (secondary N) is 1. The summed E-state index contributed by atoms with van der Waals surface area (Å²) in [5, 5.41) is 12.2. The van der Waals surface area contributed by atoms with Crippen molar-refractivity contribution < 1.29 is 19.0 Å². The van der Waals surface area contributed by atoms with Crippen LogP contribution in [0.2, 0.25) is 0 Å². The lowest BCUT2D eigenvalue weighted by Crippen LogP contribution is -2.40. The predicted molar refractivity (Wildman–Crippen MR) is 68.3 cm³/mol. The van der Waals surface area contributed by atoms with Gasteiger partial charge in [0.25, 0.3) is 5.91 Å². The smallest absolute Gasteiger partial charge is 0.258 e. The third-order valence-corrected chi connectivity index (χ3v) is 3.25. The maximum Gasteiger partial charge on any atom is 0.258 e. The summed E-state index contributed by atoms with van der Waals surface area (Å²) >= 11 is 0. The minimum Gasteiger partial charge on any atom is -0.484 e. The second-order valence-corrected chi connectivity index (χ2v) is 4.82. The molecule has 1 fully saturated rings. The highest BCUT2D eigenvalue weighted by Crippen LogP contribution is 2.18. The zero-order valence-electron chi connectivity index (χ0n) is 10.6. The van der Waals surface area contributed by atoms with E-state index in [9.17, 15) is 14.3 Å². The van der Waals surface area contributed by atoms with E-state index in [2.05, 4.69) is 5.32 Å². The first-order chi connectivity index (χ1) is 9.13. The minimum absolute atomic E-state index is 0.0787. The molecule has 1 amide bonds. The Morgan fingerprint density at radius 1 is 1.26 bits per heavy atom. The molecular weight excluding hydrogens is 249 g/mol. The zero-order valence-corrected chi connectivity index (χ0v) is 10.6. The predicted octanol–water partition coefficient (Wildman–Crippen LogP) is 1.62. The molecule has 5 heteroatoms. The fourth-order valence-electron chi connectivity index (χ4n) is 2.17. The summed E-state index contributed by atoms with van der Waals surface area (Å²) in [6.45, 7) is -0.0787. The lowest BCUT2D eigenvalue weighted by atomic mass is 9.93. The van der Waals surface area contributed by atoms with Crippen LogP contribution < -0.4 is 10.1 Å². The van der Waals surface area contributed by atoms with Crippen molar-refractivity contribution in [2.45, 2.75) is 37.8 Å². The number of aliphatic hydroxyl groups excluding tert-OH is 1. The molecule has 2 rings (SSSR count). The Kier molecular flexibility index (Phi) is 4.74. The molecule has 1 aromatic carbocycles. The van der Waals surface area contributed by atoms with Crippen LogP contribution in [0, 0.1) is 5.82 Å². The van der Waals surface area contributed by atoms with Crippen LogP contribution in [0.4, 0.5) is 4.39 Å². The SMILES string of the molecule is O=C(COc1ccc(F)cc1)NC1CCC(O)CC1. The first kappa shape index (κ1) is 13.8. The van der Waals surface area contributed by atoms with Crippen molar-refractivity contribution in [3.8, 4) is 5.75 Å². The second kappa shape index (κ2) is 6.52. The van der Waals surface area contributed by atoms with E-state index in [-0.39, 0.29) is 30.5 Å². The van der Waals surface area contributed by atoms with Crippen molar-refractivity contribution in [1.82, 2.24) is 5.32 Å². The maximum atomic E-state index is 12.7. The summed E-state index contributed by atoms with van der Waals surface area (Å²) in [6.07, 6.45) is 2.81. The monoisotopic (exact) mass is 267 g/mol. The van der Waals surface area contributed by atoms with Crippen molar-refractivity contribution >= 4 is 5.91 Å². The van der Waals surface area contributed by atoms with E-state index in [1.54, 1.807) is 0 Å². The van der Waals surface area contributed by atoms with Crippen LogP contribution in [0.1, 0.15) is 25.7 Å². The highest BCUT2D eigenvalue weighted by Gasteiger charge is 2.20. The summed E-state index contributed by atoms with van der Waals surface area (Å²) in [6, 6.07) is 5.66. The maximum absolute atomic E-state index is 12.7. The van der Waals surface area contributed by atoms with Crippen LogP contribution in [0.5, 0.6) is 5.75 Å². The summed E-state index contributed by atoms with van der Waals surface area (Å²) in [5.41, 5.74) is 0. The van der Waals surface area contributed by atoms with Crippen molar-refractivity contribution in [1.29, 1.82) is 0 Å². The number of ether oxygens (including phenoxy) is 1. The Balaban J connectivity index is 1.71. The molecule has 0 unspecified atom stereocenters. The Morgan fingerprint density at radius 2 is 1.89 bits per heavy atom. The number of hydrogen-bond acceptors (Lipinski definition) is 3. The molecular formula is C14H18FNO3. The molecule has 104 valence electrons. The van der Waals surface area contributed by atoms with Gasteiger partial charge in [0.2, 0.25) is 0 Å². The Hall–Kier alpha value is -1.62. The third-order valence-electron chi connectivity index (χ3n) is 3.25. The van der Waals surface area contributed by atoms with Crippen LogP contribution in [-0.4, -0.2) is 29.8 Å². The highest BCUT2D eigenvalue weighted by molar-refractivity contribution is 5.77. The van der Waals surface area contributed by atoms with Crippen LogP contribution in [0.25, 0.3) is 0 Å². The largest absolute Gasteiger partial charge is 0.484 e. The van der Waals surface area contributed by atoms with Crippen molar-refractivity contribution in [2.24, 2.45) is 0 Å². The van der Waals surface area contributed by atoms with Gasteiger partial charge in [-0.2, -0.15) is 0 Å². The molecule has 0 radical (unpaired) electrons. The molecule has 2 N–H and O–H groups in total. The van der Waals surface area contributed by atoms with Crippen LogP contribution in [0.3, 0.4) is 0 Å². The average molecular weight is 267 g/mol. The Morgan fingerprint density at radius 3 is 2.53 bits per heavy atom. The van der Waals surface area contributed by atoms with Crippen LogP contribution >= 0.6 is 0 Å². The molecule has 0 spiro atoms. The molecule has 0 aromatic heterocycles. The van der Waals surface area contributed by atoms with Gasteiger partial charge in [0.05, 0.1) is 6.10 Å². The van der Waals surface area contributed by atoms with Gasteiger partial charge in [-0.05, 0) is 49.9 Å². The van der Waals surface area contributed by atoms with Crippen molar-refractivity contribution in [3.05, 3.63) is 30.1 Å². The lowest BCUT2D eigenvalue weighted by molar-refractivity contribution is -0.124. The van der Waals surface area contributed by atoms with E-state index in [1.807, 2.05) is 0 Å². The van der Waals surface area contributed by atoms with E-state index in [1.165, 1.54) is 24.3 Å². The van der Waals surface area contributed by atoms with Gasteiger partial charge in [0.15, 0.2) is 6.61 Å². The molecule has 4 nitrogen and oxygen atoms in total. The quantitative estimate of drug-likeness (QED) is 0.871. The summed E-state index contributed by atoms with van der Waals surface area (Å²) in [5.74, 6) is -0.0566. The zero-order chi connectivity index (χ0) is 13.7. The summed E-state index contributed by atoms with van der Waals surface area (Å²) < 4.78 is 17.9. The number of rotatable bonds is 4. The molecule has 19 heavy (non-hydrogen) atoms.